The zero-order valence-corrected chi connectivity index (χ0v) is 11.3. The molecule has 0 saturated carbocycles. The Morgan fingerprint density at radius 1 is 1.17 bits per heavy atom. The third kappa shape index (κ3) is 2.92. The molecule has 0 radical (unpaired) electrons. The van der Waals surface area contributed by atoms with E-state index in [1.54, 1.807) is 24.8 Å². The molecular weight excluding hydrogens is 245 g/mol. The molecule has 94 valence electrons. The van der Waals surface area contributed by atoms with E-state index in [1.807, 2.05) is 43.3 Å². The Bertz CT molecular complexity index is 538. The van der Waals surface area contributed by atoms with Gasteiger partial charge in [0.15, 0.2) is 0 Å². The molecule has 0 aliphatic carbocycles. The fourth-order valence-electron chi connectivity index (χ4n) is 1.73. The Morgan fingerprint density at radius 2 is 1.83 bits per heavy atom. The van der Waals surface area contributed by atoms with E-state index in [0.29, 0.717) is 5.56 Å². The maximum Gasteiger partial charge on any atom is 0.126 e. The number of rotatable bonds is 3. The quantitative estimate of drug-likeness (QED) is 0.891. The van der Waals surface area contributed by atoms with Gasteiger partial charge in [-0.1, -0.05) is 30.0 Å². The van der Waals surface area contributed by atoms with Gasteiger partial charge in [0.2, 0.25) is 0 Å². The fraction of sp³-hybridized carbons (Fsp3) is 0.200. The smallest absolute Gasteiger partial charge is 0.126 e. The summed E-state index contributed by atoms with van der Waals surface area (Å²) in [6.45, 7) is 3.65. The van der Waals surface area contributed by atoms with Crippen molar-refractivity contribution in [2.75, 3.05) is 0 Å². The molecular formula is C15H16FNS. The SMILES string of the molecule is Cc1cc(Sc2ccccc2)c(C(C)N)cc1F. The van der Waals surface area contributed by atoms with Crippen LogP contribution in [0.5, 0.6) is 0 Å². The average molecular weight is 261 g/mol. The molecule has 0 aromatic heterocycles. The summed E-state index contributed by atoms with van der Waals surface area (Å²) in [7, 11) is 0. The Morgan fingerprint density at radius 3 is 2.44 bits per heavy atom. The third-order valence-electron chi connectivity index (χ3n) is 2.75. The monoisotopic (exact) mass is 261 g/mol. The van der Waals surface area contributed by atoms with E-state index in [0.717, 1.165) is 15.4 Å². The summed E-state index contributed by atoms with van der Waals surface area (Å²) in [6.07, 6.45) is 0. The molecule has 1 unspecified atom stereocenters. The Hall–Kier alpha value is -1.32. The van der Waals surface area contributed by atoms with Crippen molar-refractivity contribution in [3.8, 4) is 0 Å². The van der Waals surface area contributed by atoms with Gasteiger partial charge in [0.05, 0.1) is 0 Å². The van der Waals surface area contributed by atoms with Gasteiger partial charge in [-0.15, -0.1) is 0 Å². The molecule has 3 heteroatoms. The summed E-state index contributed by atoms with van der Waals surface area (Å²) in [6, 6.07) is 13.3. The van der Waals surface area contributed by atoms with E-state index in [-0.39, 0.29) is 11.9 Å². The predicted octanol–water partition coefficient (Wildman–Crippen LogP) is 4.31. The molecule has 0 fully saturated rings. The molecule has 1 nitrogen and oxygen atoms in total. The average Bonchev–Trinajstić information content (AvgIpc) is 2.34. The normalized spacial score (nSPS) is 12.4. The predicted molar refractivity (Wildman–Crippen MR) is 74.3 cm³/mol. The highest BCUT2D eigenvalue weighted by molar-refractivity contribution is 7.99. The minimum atomic E-state index is -0.195. The third-order valence-corrected chi connectivity index (χ3v) is 3.83. The van der Waals surface area contributed by atoms with Gasteiger partial charge in [-0.05, 0) is 49.2 Å². The van der Waals surface area contributed by atoms with Crippen molar-refractivity contribution >= 4 is 11.8 Å². The van der Waals surface area contributed by atoms with Crippen LogP contribution in [-0.2, 0) is 0 Å². The highest BCUT2D eigenvalue weighted by Gasteiger charge is 2.11. The van der Waals surface area contributed by atoms with E-state index >= 15 is 0 Å². The van der Waals surface area contributed by atoms with Crippen molar-refractivity contribution in [2.24, 2.45) is 5.73 Å². The van der Waals surface area contributed by atoms with Crippen LogP contribution in [0.2, 0.25) is 0 Å². The first kappa shape index (κ1) is 13.1. The molecule has 0 aliphatic rings. The van der Waals surface area contributed by atoms with E-state index in [4.69, 9.17) is 5.73 Å². The molecule has 0 saturated heterocycles. The van der Waals surface area contributed by atoms with Gasteiger partial charge in [-0.2, -0.15) is 0 Å². The summed E-state index contributed by atoms with van der Waals surface area (Å²) in [5.74, 6) is -0.195. The second-order valence-corrected chi connectivity index (χ2v) is 5.46. The molecule has 0 aliphatic heterocycles. The van der Waals surface area contributed by atoms with Gasteiger partial charge in [0, 0.05) is 15.8 Å². The molecule has 0 spiro atoms. The molecule has 1 atom stereocenters. The van der Waals surface area contributed by atoms with Crippen molar-refractivity contribution < 1.29 is 4.39 Å². The first-order valence-corrected chi connectivity index (χ1v) is 6.68. The number of benzene rings is 2. The fourth-order valence-corrected chi connectivity index (χ4v) is 2.88. The summed E-state index contributed by atoms with van der Waals surface area (Å²) in [5, 5.41) is 0. The standard InChI is InChI=1S/C15H16FNS/c1-10-8-15(13(11(2)17)9-14(10)16)18-12-6-4-3-5-7-12/h3-9,11H,17H2,1-2H3. The lowest BCUT2D eigenvalue weighted by Gasteiger charge is -2.14. The maximum absolute atomic E-state index is 13.6. The number of nitrogens with two attached hydrogens (primary N) is 1. The van der Waals surface area contributed by atoms with E-state index in [1.165, 1.54) is 0 Å². The number of hydrogen-bond acceptors (Lipinski definition) is 2. The van der Waals surface area contributed by atoms with Crippen LogP contribution in [0, 0.1) is 12.7 Å². The van der Waals surface area contributed by atoms with E-state index in [9.17, 15) is 4.39 Å². The second-order valence-electron chi connectivity index (χ2n) is 4.34. The first-order chi connectivity index (χ1) is 8.58. The van der Waals surface area contributed by atoms with Crippen molar-refractivity contribution in [1.82, 2.24) is 0 Å². The molecule has 18 heavy (non-hydrogen) atoms. The maximum atomic E-state index is 13.6. The van der Waals surface area contributed by atoms with Crippen molar-refractivity contribution in [3.05, 3.63) is 59.4 Å². The van der Waals surface area contributed by atoms with Crippen molar-refractivity contribution in [2.45, 2.75) is 29.7 Å². The summed E-state index contributed by atoms with van der Waals surface area (Å²) in [5.41, 5.74) is 7.41. The zero-order valence-electron chi connectivity index (χ0n) is 10.5. The number of aryl methyl sites for hydroxylation is 1. The van der Waals surface area contributed by atoms with Crippen LogP contribution in [0.4, 0.5) is 4.39 Å². The summed E-state index contributed by atoms with van der Waals surface area (Å²) >= 11 is 1.62. The Labute approximate surface area is 111 Å². The summed E-state index contributed by atoms with van der Waals surface area (Å²) < 4.78 is 13.6. The molecule has 2 aromatic rings. The number of halogens is 1. The summed E-state index contributed by atoms with van der Waals surface area (Å²) in [4.78, 5) is 2.15. The van der Waals surface area contributed by atoms with Crippen LogP contribution < -0.4 is 5.73 Å². The van der Waals surface area contributed by atoms with Crippen LogP contribution in [-0.4, -0.2) is 0 Å². The van der Waals surface area contributed by atoms with Crippen LogP contribution in [0.25, 0.3) is 0 Å². The molecule has 2 N–H and O–H groups in total. The first-order valence-electron chi connectivity index (χ1n) is 5.86. The second kappa shape index (κ2) is 5.55. The van der Waals surface area contributed by atoms with Crippen LogP contribution >= 0.6 is 11.8 Å². The molecule has 0 amide bonds. The van der Waals surface area contributed by atoms with E-state index < -0.39 is 0 Å². The molecule has 0 bridgehead atoms. The van der Waals surface area contributed by atoms with Gasteiger partial charge in [0.1, 0.15) is 5.82 Å². The van der Waals surface area contributed by atoms with Gasteiger partial charge in [-0.25, -0.2) is 4.39 Å². The van der Waals surface area contributed by atoms with Crippen LogP contribution in [0.15, 0.2) is 52.3 Å². The molecule has 2 rings (SSSR count). The highest BCUT2D eigenvalue weighted by Crippen LogP contribution is 2.34. The van der Waals surface area contributed by atoms with Gasteiger partial charge in [0.25, 0.3) is 0 Å². The van der Waals surface area contributed by atoms with Crippen LogP contribution in [0.3, 0.4) is 0 Å². The van der Waals surface area contributed by atoms with Gasteiger partial charge >= 0.3 is 0 Å². The Balaban J connectivity index is 2.40. The van der Waals surface area contributed by atoms with Gasteiger partial charge < -0.3 is 5.73 Å². The zero-order chi connectivity index (χ0) is 13.1. The molecule has 0 heterocycles. The minimum absolute atomic E-state index is 0.175. The lowest BCUT2D eigenvalue weighted by atomic mass is 10.1. The topological polar surface area (TPSA) is 26.0 Å². The number of hydrogen-bond donors (Lipinski definition) is 1. The minimum Gasteiger partial charge on any atom is -0.324 e. The highest BCUT2D eigenvalue weighted by atomic mass is 32.2. The molecule has 2 aromatic carbocycles. The Kier molecular flexibility index (Phi) is 4.04. The lowest BCUT2D eigenvalue weighted by molar-refractivity contribution is 0.610. The van der Waals surface area contributed by atoms with Gasteiger partial charge in [-0.3, -0.25) is 0 Å². The van der Waals surface area contributed by atoms with Crippen LogP contribution in [0.1, 0.15) is 24.1 Å². The van der Waals surface area contributed by atoms with Crippen molar-refractivity contribution in [1.29, 1.82) is 0 Å². The largest absolute Gasteiger partial charge is 0.324 e. The van der Waals surface area contributed by atoms with E-state index in [2.05, 4.69) is 0 Å². The van der Waals surface area contributed by atoms with Crippen molar-refractivity contribution in [3.63, 3.8) is 0 Å². The lowest BCUT2D eigenvalue weighted by Crippen LogP contribution is -2.07.